The first-order valence-corrected chi connectivity index (χ1v) is 8.64. The average Bonchev–Trinajstić information content (AvgIpc) is 2.61. The summed E-state index contributed by atoms with van der Waals surface area (Å²) < 4.78 is 37.9. The number of thiocarbonyl (C=S) groups is 1. The predicted octanol–water partition coefficient (Wildman–Crippen LogP) is 3.93. The zero-order chi connectivity index (χ0) is 18.7. The highest BCUT2D eigenvalue weighted by Crippen LogP contribution is 2.29. The summed E-state index contributed by atoms with van der Waals surface area (Å²) >= 11 is 5.47. The normalized spacial score (nSPS) is 15.1. The summed E-state index contributed by atoms with van der Waals surface area (Å²) in [4.78, 5) is 7.97. The van der Waals surface area contributed by atoms with Crippen molar-refractivity contribution in [2.45, 2.75) is 13.1 Å². The topological polar surface area (TPSA) is 31.4 Å². The Hall–Kier alpha value is -2.35. The summed E-state index contributed by atoms with van der Waals surface area (Å²) in [6, 6.07) is 10.5. The van der Waals surface area contributed by atoms with E-state index in [0.717, 1.165) is 23.5 Å². The Labute approximate surface area is 155 Å². The molecule has 1 N–H and O–H groups in total. The van der Waals surface area contributed by atoms with Gasteiger partial charge in [0, 0.05) is 38.1 Å². The van der Waals surface area contributed by atoms with Crippen LogP contribution in [0.5, 0.6) is 0 Å². The molecule has 26 heavy (non-hydrogen) atoms. The SMILES string of the molecule is Cc1cccc(NC(=S)N2CCN(c3ccc(C(F)(F)F)cn3)CC2)c1. The number of piperazine rings is 1. The fourth-order valence-electron chi connectivity index (χ4n) is 2.80. The molecule has 1 aromatic heterocycles. The Morgan fingerprint density at radius 1 is 1.12 bits per heavy atom. The molecular weight excluding hydrogens is 361 g/mol. The molecule has 2 heterocycles. The molecule has 8 heteroatoms. The molecule has 0 unspecified atom stereocenters. The van der Waals surface area contributed by atoms with Crippen LogP contribution in [0.2, 0.25) is 0 Å². The van der Waals surface area contributed by atoms with Gasteiger partial charge in [0.2, 0.25) is 0 Å². The van der Waals surface area contributed by atoms with Crippen molar-refractivity contribution < 1.29 is 13.2 Å². The monoisotopic (exact) mass is 380 g/mol. The van der Waals surface area contributed by atoms with Gasteiger partial charge in [-0.3, -0.25) is 0 Å². The van der Waals surface area contributed by atoms with E-state index in [1.165, 1.54) is 6.07 Å². The highest BCUT2D eigenvalue weighted by Gasteiger charge is 2.31. The van der Waals surface area contributed by atoms with Crippen molar-refractivity contribution >= 4 is 28.8 Å². The second kappa shape index (κ2) is 7.49. The van der Waals surface area contributed by atoms with Gasteiger partial charge in [0.1, 0.15) is 5.82 Å². The van der Waals surface area contributed by atoms with Gasteiger partial charge < -0.3 is 15.1 Å². The maximum absolute atomic E-state index is 12.6. The number of anilines is 2. The fraction of sp³-hybridized carbons (Fsp3) is 0.333. The number of pyridine rings is 1. The van der Waals surface area contributed by atoms with Gasteiger partial charge in [-0.2, -0.15) is 13.2 Å². The van der Waals surface area contributed by atoms with Crippen LogP contribution in [0.25, 0.3) is 0 Å². The van der Waals surface area contributed by atoms with E-state index >= 15 is 0 Å². The van der Waals surface area contributed by atoms with Gasteiger partial charge in [-0.15, -0.1) is 0 Å². The smallest absolute Gasteiger partial charge is 0.353 e. The first kappa shape index (κ1) is 18.4. The van der Waals surface area contributed by atoms with Crippen LogP contribution in [0.4, 0.5) is 24.7 Å². The van der Waals surface area contributed by atoms with E-state index in [1.54, 1.807) is 0 Å². The fourth-order valence-corrected chi connectivity index (χ4v) is 3.11. The lowest BCUT2D eigenvalue weighted by atomic mass is 10.2. The zero-order valence-electron chi connectivity index (χ0n) is 14.3. The molecule has 1 aromatic carbocycles. The Bertz CT molecular complexity index is 769. The number of halogens is 3. The molecule has 0 radical (unpaired) electrons. The lowest BCUT2D eigenvalue weighted by molar-refractivity contribution is -0.137. The molecular formula is C18H19F3N4S. The van der Waals surface area contributed by atoms with E-state index in [0.29, 0.717) is 37.1 Å². The third-order valence-corrected chi connectivity index (χ3v) is 4.60. The third-order valence-electron chi connectivity index (χ3n) is 4.24. The largest absolute Gasteiger partial charge is 0.417 e. The minimum absolute atomic E-state index is 0.551. The van der Waals surface area contributed by atoms with Crippen molar-refractivity contribution in [2.75, 3.05) is 36.4 Å². The molecule has 1 aliphatic rings. The summed E-state index contributed by atoms with van der Waals surface area (Å²) in [5.41, 5.74) is 1.36. The average molecular weight is 380 g/mol. The summed E-state index contributed by atoms with van der Waals surface area (Å²) in [5, 5.41) is 3.88. The van der Waals surface area contributed by atoms with E-state index in [4.69, 9.17) is 12.2 Å². The number of aromatic nitrogens is 1. The molecule has 0 atom stereocenters. The van der Waals surface area contributed by atoms with Gasteiger partial charge in [-0.05, 0) is 49.0 Å². The van der Waals surface area contributed by atoms with E-state index in [9.17, 15) is 13.2 Å². The number of alkyl halides is 3. The maximum Gasteiger partial charge on any atom is 0.417 e. The Kier molecular flexibility index (Phi) is 5.31. The number of hydrogen-bond acceptors (Lipinski definition) is 3. The second-order valence-corrected chi connectivity index (χ2v) is 6.56. The van der Waals surface area contributed by atoms with Crippen LogP contribution >= 0.6 is 12.2 Å². The molecule has 0 bridgehead atoms. The Morgan fingerprint density at radius 3 is 2.42 bits per heavy atom. The lowest BCUT2D eigenvalue weighted by Crippen LogP contribution is -2.50. The Morgan fingerprint density at radius 2 is 1.85 bits per heavy atom. The zero-order valence-corrected chi connectivity index (χ0v) is 15.1. The van der Waals surface area contributed by atoms with Crippen molar-refractivity contribution in [1.82, 2.24) is 9.88 Å². The summed E-state index contributed by atoms with van der Waals surface area (Å²) in [6.07, 6.45) is -3.48. The molecule has 1 fully saturated rings. The molecule has 2 aromatic rings. The van der Waals surface area contributed by atoms with Crippen molar-refractivity contribution in [1.29, 1.82) is 0 Å². The molecule has 3 rings (SSSR count). The van der Waals surface area contributed by atoms with Gasteiger partial charge in [0.15, 0.2) is 5.11 Å². The molecule has 0 aliphatic carbocycles. The summed E-state index contributed by atoms with van der Waals surface area (Å²) in [5.74, 6) is 0.551. The Balaban J connectivity index is 1.56. The number of rotatable bonds is 2. The standard InChI is InChI=1S/C18H19F3N4S/c1-13-3-2-4-15(11-13)23-17(26)25-9-7-24(8-10-25)16-6-5-14(12-22-16)18(19,20)21/h2-6,11-12H,7-10H2,1H3,(H,23,26). The molecule has 0 saturated carbocycles. The minimum atomic E-state index is -4.36. The molecule has 4 nitrogen and oxygen atoms in total. The quantitative estimate of drug-likeness (QED) is 0.798. The maximum atomic E-state index is 12.6. The van der Waals surface area contributed by atoms with Crippen LogP contribution in [0, 0.1) is 6.92 Å². The van der Waals surface area contributed by atoms with Crippen LogP contribution in [0.15, 0.2) is 42.6 Å². The van der Waals surface area contributed by atoms with E-state index < -0.39 is 11.7 Å². The highest BCUT2D eigenvalue weighted by molar-refractivity contribution is 7.80. The van der Waals surface area contributed by atoms with Crippen molar-refractivity contribution in [3.8, 4) is 0 Å². The van der Waals surface area contributed by atoms with Crippen molar-refractivity contribution in [2.24, 2.45) is 0 Å². The minimum Gasteiger partial charge on any atom is -0.353 e. The number of benzene rings is 1. The number of hydrogen-bond donors (Lipinski definition) is 1. The van der Waals surface area contributed by atoms with Gasteiger partial charge in [0.25, 0.3) is 0 Å². The summed E-state index contributed by atoms with van der Waals surface area (Å²) in [7, 11) is 0. The number of aryl methyl sites for hydroxylation is 1. The van der Waals surface area contributed by atoms with Crippen LogP contribution in [0.3, 0.4) is 0 Å². The van der Waals surface area contributed by atoms with Crippen LogP contribution in [-0.2, 0) is 6.18 Å². The van der Waals surface area contributed by atoms with Crippen LogP contribution < -0.4 is 10.2 Å². The molecule has 1 saturated heterocycles. The van der Waals surface area contributed by atoms with Gasteiger partial charge >= 0.3 is 6.18 Å². The first-order chi connectivity index (χ1) is 12.3. The van der Waals surface area contributed by atoms with Gasteiger partial charge in [0.05, 0.1) is 5.56 Å². The molecule has 0 spiro atoms. The van der Waals surface area contributed by atoms with Gasteiger partial charge in [-0.25, -0.2) is 4.98 Å². The van der Waals surface area contributed by atoms with E-state index in [-0.39, 0.29) is 0 Å². The molecule has 138 valence electrons. The van der Waals surface area contributed by atoms with Crippen molar-refractivity contribution in [3.05, 3.63) is 53.7 Å². The second-order valence-electron chi connectivity index (χ2n) is 6.18. The lowest BCUT2D eigenvalue weighted by Gasteiger charge is -2.36. The van der Waals surface area contributed by atoms with E-state index in [2.05, 4.69) is 15.2 Å². The van der Waals surface area contributed by atoms with Gasteiger partial charge in [-0.1, -0.05) is 12.1 Å². The third kappa shape index (κ3) is 4.43. The highest BCUT2D eigenvalue weighted by atomic mass is 32.1. The molecule has 1 aliphatic heterocycles. The predicted molar refractivity (Wildman–Crippen MR) is 100 cm³/mol. The number of nitrogens with one attached hydrogen (secondary N) is 1. The molecule has 0 amide bonds. The van der Waals surface area contributed by atoms with Crippen LogP contribution in [-0.4, -0.2) is 41.2 Å². The van der Waals surface area contributed by atoms with E-state index in [1.807, 2.05) is 36.1 Å². The number of nitrogens with zero attached hydrogens (tertiary/aromatic N) is 3. The van der Waals surface area contributed by atoms with Crippen LogP contribution in [0.1, 0.15) is 11.1 Å². The first-order valence-electron chi connectivity index (χ1n) is 8.24. The summed E-state index contributed by atoms with van der Waals surface area (Å²) in [6.45, 7) is 4.67. The van der Waals surface area contributed by atoms with Crippen molar-refractivity contribution in [3.63, 3.8) is 0 Å².